The molecule has 0 spiro atoms. The zero-order valence-electron chi connectivity index (χ0n) is 23.8. The van der Waals surface area contributed by atoms with Gasteiger partial charge in [-0.3, -0.25) is 14.6 Å². The average Bonchev–Trinajstić information content (AvgIpc) is 3.28. The third-order valence-corrected chi connectivity index (χ3v) is 9.28. The number of quaternary nitrogens is 1. The van der Waals surface area contributed by atoms with Gasteiger partial charge in [-0.1, -0.05) is 6.42 Å². The van der Waals surface area contributed by atoms with Gasteiger partial charge in [-0.05, 0) is 80.5 Å². The molecule has 10 heteroatoms. The fraction of sp³-hybridized carbons (Fsp3) is 0.406. The highest BCUT2D eigenvalue weighted by atomic mass is 16.5. The molecule has 1 aromatic heterocycles. The number of nitrogens with zero attached hydrogens (tertiary/aromatic N) is 5. The van der Waals surface area contributed by atoms with E-state index < -0.39 is 5.41 Å². The molecule has 1 aliphatic carbocycles. The number of hydrogen-bond acceptors (Lipinski definition) is 7. The number of piperidine rings is 1. The Balaban J connectivity index is 1.11. The highest BCUT2D eigenvalue weighted by Crippen LogP contribution is 2.39. The maximum Gasteiger partial charge on any atom is 0.264 e. The largest absolute Gasteiger partial charge is 0.379 e. The summed E-state index contributed by atoms with van der Waals surface area (Å²) < 4.78 is 5.25. The number of carbonyl (C=O) groups excluding carboxylic acids is 2. The molecule has 1 aromatic carbocycles. The summed E-state index contributed by atoms with van der Waals surface area (Å²) in [5.41, 5.74) is 3.81. The van der Waals surface area contributed by atoms with Crippen LogP contribution in [0.1, 0.15) is 66.4 Å². The average molecular weight is 567 g/mol. The van der Waals surface area contributed by atoms with Crippen LogP contribution in [-0.2, 0) is 9.53 Å². The van der Waals surface area contributed by atoms with E-state index in [-0.39, 0.29) is 22.3 Å². The molecule has 1 unspecified atom stereocenters. The van der Waals surface area contributed by atoms with E-state index in [1.807, 2.05) is 42.3 Å². The lowest BCUT2D eigenvalue weighted by Gasteiger charge is -2.42. The molecule has 2 saturated heterocycles. The molecular weight excluding hydrogens is 530 g/mol. The zero-order chi connectivity index (χ0) is 28.9. The van der Waals surface area contributed by atoms with Crippen molar-refractivity contribution < 1.29 is 18.9 Å². The molecule has 5 aliphatic rings. The molecule has 7 rings (SSSR count). The molecule has 2 amide bonds. The molecule has 0 radical (unpaired) electrons. The van der Waals surface area contributed by atoms with Crippen molar-refractivity contribution >= 4 is 29.7 Å². The Hall–Kier alpha value is -3.99. The van der Waals surface area contributed by atoms with Crippen molar-refractivity contribution in [2.45, 2.75) is 44.9 Å². The minimum atomic E-state index is -0.435. The first-order valence-electron chi connectivity index (χ1n) is 14.8. The first-order chi connectivity index (χ1) is 20.3. The van der Waals surface area contributed by atoms with Gasteiger partial charge in [-0.25, -0.2) is 4.98 Å². The van der Waals surface area contributed by atoms with E-state index >= 15 is 0 Å². The van der Waals surface area contributed by atoms with E-state index in [1.165, 1.54) is 24.8 Å². The number of amidine groups is 1. The van der Waals surface area contributed by atoms with Crippen LogP contribution in [0.2, 0.25) is 0 Å². The van der Waals surface area contributed by atoms with Crippen molar-refractivity contribution in [3.05, 3.63) is 83.1 Å². The van der Waals surface area contributed by atoms with Crippen LogP contribution in [-0.4, -0.2) is 64.6 Å². The molecule has 3 N–H and O–H groups in total. The van der Waals surface area contributed by atoms with Crippen LogP contribution in [0.5, 0.6) is 0 Å². The Morgan fingerprint density at radius 3 is 2.60 bits per heavy atom. The number of aromatic nitrogens is 1. The summed E-state index contributed by atoms with van der Waals surface area (Å²) in [4.78, 5) is 42.1. The molecule has 0 bridgehead atoms. The van der Waals surface area contributed by atoms with Gasteiger partial charge in [0.05, 0.1) is 36.6 Å². The molecule has 2 atom stereocenters. The molecule has 10 nitrogen and oxygen atoms in total. The Bertz CT molecular complexity index is 1550. The molecule has 216 valence electrons. The highest BCUT2D eigenvalue weighted by molar-refractivity contribution is 6.05. The number of benzene rings is 1. The minimum absolute atomic E-state index is 0.0482. The predicted octanol–water partition coefficient (Wildman–Crippen LogP) is 4.09. The zero-order valence-corrected chi connectivity index (χ0v) is 23.8. The van der Waals surface area contributed by atoms with Crippen LogP contribution in [0.15, 0.2) is 76.4 Å². The van der Waals surface area contributed by atoms with Gasteiger partial charge in [0.1, 0.15) is 17.7 Å². The van der Waals surface area contributed by atoms with Crippen LogP contribution in [0.25, 0.3) is 0 Å². The van der Waals surface area contributed by atoms with Crippen molar-refractivity contribution in [3.8, 4) is 0 Å². The highest BCUT2D eigenvalue weighted by Gasteiger charge is 2.48. The summed E-state index contributed by atoms with van der Waals surface area (Å²) in [6, 6.07) is 11.4. The van der Waals surface area contributed by atoms with E-state index in [0.717, 1.165) is 36.3 Å². The fourth-order valence-electron chi connectivity index (χ4n) is 6.47. The Kier molecular flexibility index (Phi) is 6.64. The summed E-state index contributed by atoms with van der Waals surface area (Å²) in [5, 5.41) is 2.94. The van der Waals surface area contributed by atoms with Crippen LogP contribution >= 0.6 is 0 Å². The van der Waals surface area contributed by atoms with Crippen LogP contribution < -0.4 is 11.2 Å². The molecule has 2 aromatic rings. The second kappa shape index (κ2) is 10.4. The van der Waals surface area contributed by atoms with Crippen molar-refractivity contribution in [2.75, 3.05) is 31.6 Å². The molecule has 4 aliphatic heterocycles. The first kappa shape index (κ1) is 26.9. The molecule has 3 fully saturated rings. The van der Waals surface area contributed by atoms with Gasteiger partial charge in [0, 0.05) is 30.8 Å². The van der Waals surface area contributed by atoms with Crippen molar-refractivity contribution in [2.24, 2.45) is 27.2 Å². The summed E-state index contributed by atoms with van der Waals surface area (Å²) in [5.74, 6) is 8.75. The lowest BCUT2D eigenvalue weighted by Crippen LogP contribution is -2.55. The topological polar surface area (TPSA) is 122 Å². The first-order valence-corrected chi connectivity index (χ1v) is 14.8. The minimum Gasteiger partial charge on any atom is -0.379 e. The Labute approximate surface area is 245 Å². The third-order valence-electron chi connectivity index (χ3n) is 9.28. The molecule has 1 saturated carbocycles. The van der Waals surface area contributed by atoms with E-state index in [9.17, 15) is 9.59 Å². The second-order valence-corrected chi connectivity index (χ2v) is 12.3. The predicted molar refractivity (Wildman–Crippen MR) is 159 cm³/mol. The maximum atomic E-state index is 13.3. The summed E-state index contributed by atoms with van der Waals surface area (Å²) >= 11 is 0. The Morgan fingerprint density at radius 2 is 1.88 bits per heavy atom. The lowest BCUT2D eigenvalue weighted by atomic mass is 9.80. The maximum absolute atomic E-state index is 13.3. The quantitative estimate of drug-likeness (QED) is 0.403. The number of likely N-dealkylation sites (tertiary alicyclic amines) is 1. The number of rotatable bonds is 6. The number of carbonyl (C=O) groups is 2. The lowest BCUT2D eigenvalue weighted by molar-refractivity contribution is -0.750. The van der Waals surface area contributed by atoms with Gasteiger partial charge in [-0.15, -0.1) is 4.59 Å². The fourth-order valence-corrected chi connectivity index (χ4v) is 6.47. The third kappa shape index (κ3) is 4.59. The van der Waals surface area contributed by atoms with Gasteiger partial charge >= 0.3 is 0 Å². The normalized spacial score (nSPS) is 26.3. The van der Waals surface area contributed by atoms with E-state index in [1.54, 1.807) is 30.7 Å². The van der Waals surface area contributed by atoms with Crippen LogP contribution in [0.3, 0.4) is 0 Å². The van der Waals surface area contributed by atoms with Crippen molar-refractivity contribution in [3.63, 3.8) is 0 Å². The number of anilines is 1. The van der Waals surface area contributed by atoms with E-state index in [4.69, 9.17) is 15.6 Å². The molecule has 42 heavy (non-hydrogen) atoms. The number of pyridine rings is 1. The van der Waals surface area contributed by atoms with Gasteiger partial charge in [0.2, 0.25) is 11.6 Å². The second-order valence-electron chi connectivity index (χ2n) is 12.3. The SMILES string of the molecule is CC1(C(=O)N2CCC[C@@H](C3=C4C=NC=C[N+]4(N)C(c4ccc(C(=O)Nc5cc(C6CCC6)ccn5)cc4)=N3)C2)COC1. The van der Waals surface area contributed by atoms with Crippen molar-refractivity contribution in [1.29, 1.82) is 0 Å². The van der Waals surface area contributed by atoms with Crippen molar-refractivity contribution in [1.82, 2.24) is 9.88 Å². The number of nitrogens with one attached hydrogen (secondary N) is 1. The monoisotopic (exact) mass is 566 g/mol. The van der Waals surface area contributed by atoms with Gasteiger partial charge in [0.25, 0.3) is 11.7 Å². The summed E-state index contributed by atoms with van der Waals surface area (Å²) in [6.07, 6.45) is 12.5. The summed E-state index contributed by atoms with van der Waals surface area (Å²) in [7, 11) is 0. The van der Waals surface area contributed by atoms with E-state index in [0.29, 0.717) is 42.9 Å². The number of nitrogens with two attached hydrogens (primary N) is 1. The smallest absolute Gasteiger partial charge is 0.264 e. The number of hydrogen-bond donors (Lipinski definition) is 2. The van der Waals surface area contributed by atoms with Crippen LogP contribution in [0.4, 0.5) is 5.82 Å². The number of allylic oxidation sites excluding steroid dienone is 1. The Morgan fingerprint density at radius 1 is 1.10 bits per heavy atom. The molecular formula is C32H36N7O3+. The number of aliphatic imine (C=N–C) groups is 2. The van der Waals surface area contributed by atoms with E-state index in [2.05, 4.69) is 15.3 Å². The number of fused-ring (bicyclic) bond motifs is 1. The standard InChI is InChI=1S/C32H35N7O3/c1-32(19-42-20-32)31(41)38-14-3-6-25(18-38)28-26-17-34-13-15-39(26,33)29(37-28)22-7-9-23(10-8-22)30(40)36-27-16-24(11-12-35-27)21-4-2-5-21/h7-13,15-17,21,25H,2-6,14,18-20,33H2,1H3/p+1/t25-,39?/m1/s1. The van der Waals surface area contributed by atoms with Gasteiger partial charge in [-0.2, -0.15) is 10.8 Å². The molecule has 5 heterocycles. The number of ether oxygens (including phenoxy) is 1. The van der Waals surface area contributed by atoms with Gasteiger partial charge in [0.15, 0.2) is 0 Å². The van der Waals surface area contributed by atoms with Crippen LogP contribution in [0, 0.1) is 11.3 Å². The summed E-state index contributed by atoms with van der Waals surface area (Å²) in [6.45, 7) is 4.26. The number of amides is 2. The van der Waals surface area contributed by atoms with Gasteiger partial charge < -0.3 is 15.0 Å².